The zero-order chi connectivity index (χ0) is 11.4. The summed E-state index contributed by atoms with van der Waals surface area (Å²) < 4.78 is 0. The molecule has 1 aliphatic heterocycles. The third kappa shape index (κ3) is 2.53. The first-order valence-electron chi connectivity index (χ1n) is 6.46. The largest absolute Gasteiger partial charge is 0.339 e. The lowest BCUT2D eigenvalue weighted by atomic mass is 9.98. The van der Waals surface area contributed by atoms with Crippen LogP contribution in [0.1, 0.15) is 53.4 Å². The molecule has 0 aromatic carbocycles. The van der Waals surface area contributed by atoms with E-state index in [0.29, 0.717) is 17.9 Å². The molecule has 1 fully saturated rings. The van der Waals surface area contributed by atoms with E-state index in [1.807, 2.05) is 0 Å². The quantitative estimate of drug-likeness (QED) is 0.700. The smallest absolute Gasteiger partial charge is 0.225 e. The second kappa shape index (κ2) is 5.53. The minimum atomic E-state index is 0.254. The van der Waals surface area contributed by atoms with Crippen LogP contribution in [0.15, 0.2) is 0 Å². The van der Waals surface area contributed by atoms with Crippen molar-refractivity contribution in [2.24, 2.45) is 11.8 Å². The first-order chi connectivity index (χ1) is 7.15. The molecular weight excluding hydrogens is 186 g/mol. The Morgan fingerprint density at radius 1 is 1.33 bits per heavy atom. The van der Waals surface area contributed by atoms with Gasteiger partial charge < -0.3 is 4.90 Å². The van der Waals surface area contributed by atoms with Crippen LogP contribution in [-0.4, -0.2) is 23.4 Å². The molecular formula is C13H25NO. The van der Waals surface area contributed by atoms with E-state index >= 15 is 0 Å². The SMILES string of the molecule is CCC(CC)C(=O)N1CC[C@H](C)[C@@H]1CC. The van der Waals surface area contributed by atoms with Gasteiger partial charge >= 0.3 is 0 Å². The number of carbonyl (C=O) groups excluding carboxylic acids is 1. The molecule has 0 aliphatic carbocycles. The molecule has 1 rings (SSSR count). The van der Waals surface area contributed by atoms with Crippen LogP contribution in [0, 0.1) is 11.8 Å². The highest BCUT2D eigenvalue weighted by Crippen LogP contribution is 2.28. The maximum atomic E-state index is 12.2. The van der Waals surface area contributed by atoms with Gasteiger partial charge in [0.2, 0.25) is 5.91 Å². The Kier molecular flexibility index (Phi) is 4.62. The molecule has 0 aromatic heterocycles. The van der Waals surface area contributed by atoms with Crippen LogP contribution in [-0.2, 0) is 4.79 Å². The van der Waals surface area contributed by atoms with Crippen molar-refractivity contribution in [3.05, 3.63) is 0 Å². The van der Waals surface area contributed by atoms with Crippen molar-refractivity contribution in [1.29, 1.82) is 0 Å². The van der Waals surface area contributed by atoms with Crippen molar-refractivity contribution in [1.82, 2.24) is 4.90 Å². The molecule has 1 amide bonds. The summed E-state index contributed by atoms with van der Waals surface area (Å²) in [6, 6.07) is 0.498. The summed E-state index contributed by atoms with van der Waals surface area (Å²) in [4.78, 5) is 14.4. The Morgan fingerprint density at radius 3 is 2.40 bits per heavy atom. The number of hydrogen-bond acceptors (Lipinski definition) is 1. The van der Waals surface area contributed by atoms with Gasteiger partial charge in [0, 0.05) is 18.5 Å². The fourth-order valence-corrected chi connectivity index (χ4v) is 2.78. The number of nitrogens with zero attached hydrogens (tertiary/aromatic N) is 1. The maximum Gasteiger partial charge on any atom is 0.225 e. The van der Waals surface area contributed by atoms with Gasteiger partial charge in [-0.2, -0.15) is 0 Å². The van der Waals surface area contributed by atoms with Gasteiger partial charge in [-0.15, -0.1) is 0 Å². The standard InChI is InChI=1S/C13H25NO/c1-5-11(6-2)13(15)14-9-8-10(4)12(14)7-3/h10-12H,5-9H2,1-4H3/t10-,12-/m0/s1. The number of rotatable bonds is 4. The van der Waals surface area contributed by atoms with Gasteiger partial charge in [0.25, 0.3) is 0 Å². The molecule has 1 saturated heterocycles. The number of amides is 1. The van der Waals surface area contributed by atoms with E-state index in [4.69, 9.17) is 0 Å². The molecule has 1 heterocycles. The number of hydrogen-bond donors (Lipinski definition) is 0. The van der Waals surface area contributed by atoms with Gasteiger partial charge in [-0.3, -0.25) is 4.79 Å². The molecule has 0 N–H and O–H groups in total. The van der Waals surface area contributed by atoms with Crippen molar-refractivity contribution in [3.8, 4) is 0 Å². The van der Waals surface area contributed by atoms with Crippen LogP contribution in [0.25, 0.3) is 0 Å². The summed E-state index contributed by atoms with van der Waals surface area (Å²) >= 11 is 0. The second-order valence-corrected chi connectivity index (χ2v) is 4.79. The Labute approximate surface area is 94.0 Å². The lowest BCUT2D eigenvalue weighted by Gasteiger charge is -2.29. The van der Waals surface area contributed by atoms with E-state index in [1.54, 1.807) is 0 Å². The van der Waals surface area contributed by atoms with E-state index < -0.39 is 0 Å². The predicted octanol–water partition coefficient (Wildman–Crippen LogP) is 3.07. The second-order valence-electron chi connectivity index (χ2n) is 4.79. The first kappa shape index (κ1) is 12.5. The van der Waals surface area contributed by atoms with Gasteiger partial charge in [-0.1, -0.05) is 27.7 Å². The van der Waals surface area contributed by atoms with Gasteiger partial charge in [-0.25, -0.2) is 0 Å². The zero-order valence-electron chi connectivity index (χ0n) is 10.6. The van der Waals surface area contributed by atoms with Crippen molar-refractivity contribution in [2.45, 2.75) is 59.4 Å². The fourth-order valence-electron chi connectivity index (χ4n) is 2.78. The molecule has 2 atom stereocenters. The molecule has 0 saturated carbocycles. The third-order valence-electron chi connectivity index (χ3n) is 3.92. The summed E-state index contributed by atoms with van der Waals surface area (Å²) in [5, 5.41) is 0. The number of likely N-dealkylation sites (tertiary alicyclic amines) is 1. The van der Waals surface area contributed by atoms with E-state index in [2.05, 4.69) is 32.6 Å². The zero-order valence-corrected chi connectivity index (χ0v) is 10.6. The molecule has 0 spiro atoms. The minimum Gasteiger partial charge on any atom is -0.339 e. The van der Waals surface area contributed by atoms with Crippen LogP contribution in [0.4, 0.5) is 0 Å². The summed E-state index contributed by atoms with van der Waals surface area (Å²) in [5.74, 6) is 1.34. The van der Waals surface area contributed by atoms with Crippen molar-refractivity contribution in [3.63, 3.8) is 0 Å². The summed E-state index contributed by atoms with van der Waals surface area (Å²) in [6.45, 7) is 9.68. The molecule has 0 bridgehead atoms. The molecule has 0 radical (unpaired) electrons. The molecule has 0 unspecified atom stereocenters. The van der Waals surface area contributed by atoms with Gasteiger partial charge in [0.15, 0.2) is 0 Å². The van der Waals surface area contributed by atoms with Crippen LogP contribution < -0.4 is 0 Å². The van der Waals surface area contributed by atoms with Crippen LogP contribution >= 0.6 is 0 Å². The summed E-state index contributed by atoms with van der Waals surface area (Å²) in [6.07, 6.45) is 4.25. The molecule has 15 heavy (non-hydrogen) atoms. The molecule has 88 valence electrons. The predicted molar refractivity (Wildman–Crippen MR) is 63.6 cm³/mol. The third-order valence-corrected chi connectivity index (χ3v) is 3.92. The van der Waals surface area contributed by atoms with E-state index in [9.17, 15) is 4.79 Å². The molecule has 0 aromatic rings. The lowest BCUT2D eigenvalue weighted by molar-refractivity contribution is -0.137. The Balaban J connectivity index is 2.66. The normalized spacial score (nSPS) is 26.3. The highest BCUT2D eigenvalue weighted by Gasteiger charge is 2.34. The average molecular weight is 211 g/mol. The highest BCUT2D eigenvalue weighted by atomic mass is 16.2. The summed E-state index contributed by atoms with van der Waals surface area (Å²) in [7, 11) is 0. The molecule has 2 heteroatoms. The van der Waals surface area contributed by atoms with Crippen molar-refractivity contribution in [2.75, 3.05) is 6.54 Å². The lowest BCUT2D eigenvalue weighted by Crippen LogP contribution is -2.40. The average Bonchev–Trinajstić information content (AvgIpc) is 2.61. The maximum absolute atomic E-state index is 12.2. The van der Waals surface area contributed by atoms with E-state index in [-0.39, 0.29) is 5.92 Å². The van der Waals surface area contributed by atoms with Gasteiger partial charge in [-0.05, 0) is 31.6 Å². The van der Waals surface area contributed by atoms with E-state index in [0.717, 1.165) is 25.8 Å². The Bertz CT molecular complexity index is 211. The van der Waals surface area contributed by atoms with Gasteiger partial charge in [0.1, 0.15) is 0 Å². The minimum absolute atomic E-state index is 0.254. The van der Waals surface area contributed by atoms with E-state index in [1.165, 1.54) is 6.42 Å². The topological polar surface area (TPSA) is 20.3 Å². The Morgan fingerprint density at radius 2 is 1.93 bits per heavy atom. The summed E-state index contributed by atoms with van der Waals surface area (Å²) in [5.41, 5.74) is 0. The monoisotopic (exact) mass is 211 g/mol. The fraction of sp³-hybridized carbons (Fsp3) is 0.923. The van der Waals surface area contributed by atoms with Crippen LogP contribution in [0.3, 0.4) is 0 Å². The first-order valence-corrected chi connectivity index (χ1v) is 6.46. The highest BCUT2D eigenvalue weighted by molar-refractivity contribution is 5.79. The molecule has 1 aliphatic rings. The van der Waals surface area contributed by atoms with Crippen LogP contribution in [0.2, 0.25) is 0 Å². The van der Waals surface area contributed by atoms with Crippen molar-refractivity contribution >= 4 is 5.91 Å². The molecule has 2 nitrogen and oxygen atoms in total. The Hall–Kier alpha value is -0.530. The number of carbonyl (C=O) groups is 1. The van der Waals surface area contributed by atoms with Gasteiger partial charge in [0.05, 0.1) is 0 Å². The van der Waals surface area contributed by atoms with Crippen molar-refractivity contribution < 1.29 is 4.79 Å². The van der Waals surface area contributed by atoms with Crippen LogP contribution in [0.5, 0.6) is 0 Å².